The monoisotopic (exact) mass is 348 g/mol. The van der Waals surface area contributed by atoms with Crippen molar-refractivity contribution in [3.8, 4) is 16.9 Å². The topological polar surface area (TPSA) is 82.4 Å². The van der Waals surface area contributed by atoms with Crippen molar-refractivity contribution in [2.24, 2.45) is 7.05 Å². The van der Waals surface area contributed by atoms with Gasteiger partial charge in [0.05, 0.1) is 19.5 Å². The molecule has 0 aliphatic carbocycles. The van der Waals surface area contributed by atoms with Gasteiger partial charge in [0, 0.05) is 54.1 Å². The Morgan fingerprint density at radius 2 is 1.88 bits per heavy atom. The molecule has 0 atom stereocenters. The third-order valence-electron chi connectivity index (χ3n) is 4.30. The first-order chi connectivity index (χ1) is 12.6. The van der Waals surface area contributed by atoms with Crippen LogP contribution in [0.25, 0.3) is 16.6 Å². The van der Waals surface area contributed by atoms with Crippen molar-refractivity contribution in [2.75, 3.05) is 18.2 Å². The van der Waals surface area contributed by atoms with Crippen LogP contribution in [0.4, 0.5) is 11.4 Å². The molecule has 3 aromatic heterocycles. The summed E-state index contributed by atoms with van der Waals surface area (Å²) in [5, 5.41) is 12.1. The Balaban J connectivity index is 1.67. The quantitative estimate of drug-likeness (QED) is 0.542. The number of hydrogen-bond donors (Lipinski definition) is 2. The highest BCUT2D eigenvalue weighted by atomic mass is 16.5. The first kappa shape index (κ1) is 16.0. The third-order valence-corrected chi connectivity index (χ3v) is 4.30. The molecule has 132 valence electrons. The lowest BCUT2D eigenvalue weighted by Gasteiger charge is -2.09. The average Bonchev–Trinajstić information content (AvgIpc) is 3.26. The first-order valence-electron chi connectivity index (χ1n) is 8.27. The summed E-state index contributed by atoms with van der Waals surface area (Å²) in [6.45, 7) is 0.635. The molecule has 0 aliphatic rings. The maximum Gasteiger partial charge on any atom is 0.145 e. The zero-order valence-electron chi connectivity index (χ0n) is 14.7. The van der Waals surface area contributed by atoms with E-state index < -0.39 is 0 Å². The number of nitrogen functional groups attached to an aromatic ring is 1. The Bertz CT molecular complexity index is 1050. The fraction of sp³-hybridized carbons (Fsp3) is 0.158. The molecule has 0 bridgehead atoms. The molecule has 0 fully saturated rings. The summed E-state index contributed by atoms with van der Waals surface area (Å²) in [5.41, 5.74) is 11.5. The second kappa shape index (κ2) is 6.44. The normalized spacial score (nSPS) is 11.0. The molecule has 3 N–H and O–H groups in total. The van der Waals surface area contributed by atoms with Gasteiger partial charge in [-0.2, -0.15) is 10.2 Å². The van der Waals surface area contributed by atoms with E-state index in [2.05, 4.69) is 15.5 Å². The zero-order valence-corrected chi connectivity index (χ0v) is 14.7. The lowest BCUT2D eigenvalue weighted by molar-refractivity contribution is 0.417. The number of ether oxygens (including phenoxy) is 1. The molecular weight excluding hydrogens is 328 g/mol. The van der Waals surface area contributed by atoms with Gasteiger partial charge in [0.1, 0.15) is 11.3 Å². The number of aromatic nitrogens is 4. The van der Waals surface area contributed by atoms with Gasteiger partial charge in [0.25, 0.3) is 0 Å². The van der Waals surface area contributed by atoms with Crippen LogP contribution in [0.3, 0.4) is 0 Å². The largest absolute Gasteiger partial charge is 0.494 e. The average molecular weight is 348 g/mol. The van der Waals surface area contributed by atoms with E-state index in [9.17, 15) is 0 Å². The predicted molar refractivity (Wildman–Crippen MR) is 102 cm³/mol. The molecule has 7 heteroatoms. The van der Waals surface area contributed by atoms with Gasteiger partial charge in [-0.15, -0.1) is 0 Å². The minimum atomic E-state index is 0.635. The van der Waals surface area contributed by atoms with Crippen molar-refractivity contribution in [2.45, 2.75) is 6.54 Å². The number of anilines is 2. The van der Waals surface area contributed by atoms with E-state index >= 15 is 0 Å². The molecule has 7 nitrogen and oxygen atoms in total. The van der Waals surface area contributed by atoms with Crippen LogP contribution in [0.2, 0.25) is 0 Å². The second-order valence-electron chi connectivity index (χ2n) is 6.14. The minimum Gasteiger partial charge on any atom is -0.494 e. The maximum atomic E-state index is 5.73. The molecule has 0 saturated heterocycles. The Kier molecular flexibility index (Phi) is 3.96. The molecule has 3 heterocycles. The van der Waals surface area contributed by atoms with Gasteiger partial charge in [-0.3, -0.25) is 4.68 Å². The number of methoxy groups -OCH3 is 1. The first-order valence-corrected chi connectivity index (χ1v) is 8.27. The predicted octanol–water partition coefficient (Wildman–Crippen LogP) is 2.94. The lowest BCUT2D eigenvalue weighted by atomic mass is 10.1. The van der Waals surface area contributed by atoms with Gasteiger partial charge in [-0.05, 0) is 30.3 Å². The SMILES string of the molecule is COc1cc(-c2cnn(C)c2)cn2ncc(CNc3ccc(N)cc3)c12. The number of nitrogens with two attached hydrogens (primary N) is 1. The van der Waals surface area contributed by atoms with Gasteiger partial charge < -0.3 is 15.8 Å². The van der Waals surface area contributed by atoms with Gasteiger partial charge in [-0.1, -0.05) is 0 Å². The number of rotatable bonds is 5. The van der Waals surface area contributed by atoms with Crippen molar-refractivity contribution in [3.05, 3.63) is 60.7 Å². The molecule has 1 aromatic carbocycles. The fourth-order valence-corrected chi connectivity index (χ4v) is 2.96. The molecule has 26 heavy (non-hydrogen) atoms. The zero-order chi connectivity index (χ0) is 18.1. The molecule has 0 spiro atoms. The standard InChI is InChI=1S/C19H20N6O/c1-24-11-15(10-22-24)13-7-18(26-2)19-14(9-23-25(19)12-13)8-21-17-5-3-16(20)4-6-17/h3-7,9-12,21H,8,20H2,1-2H3. The van der Waals surface area contributed by atoms with E-state index in [1.54, 1.807) is 11.8 Å². The second-order valence-corrected chi connectivity index (χ2v) is 6.14. The number of fused-ring (bicyclic) bond motifs is 1. The Hall–Kier alpha value is -3.48. The number of pyridine rings is 1. The molecule has 0 unspecified atom stereocenters. The van der Waals surface area contributed by atoms with Crippen molar-refractivity contribution in [1.29, 1.82) is 0 Å². The smallest absolute Gasteiger partial charge is 0.145 e. The summed E-state index contributed by atoms with van der Waals surface area (Å²) < 4.78 is 9.25. The van der Waals surface area contributed by atoms with E-state index in [0.717, 1.165) is 39.3 Å². The summed E-state index contributed by atoms with van der Waals surface area (Å²) in [5.74, 6) is 0.776. The van der Waals surface area contributed by atoms with Crippen molar-refractivity contribution < 1.29 is 4.74 Å². The van der Waals surface area contributed by atoms with Gasteiger partial charge in [0.15, 0.2) is 0 Å². The van der Waals surface area contributed by atoms with Crippen LogP contribution in [0.1, 0.15) is 5.56 Å². The van der Waals surface area contributed by atoms with Crippen LogP contribution in [-0.4, -0.2) is 26.5 Å². The van der Waals surface area contributed by atoms with E-state index in [-0.39, 0.29) is 0 Å². The molecule has 0 amide bonds. The van der Waals surface area contributed by atoms with Crippen molar-refractivity contribution in [1.82, 2.24) is 19.4 Å². The molecule has 4 aromatic rings. The molecule has 0 aliphatic heterocycles. The van der Waals surface area contributed by atoms with Crippen LogP contribution in [0.15, 0.2) is 55.1 Å². The van der Waals surface area contributed by atoms with E-state index in [4.69, 9.17) is 10.5 Å². The van der Waals surface area contributed by atoms with Crippen LogP contribution >= 0.6 is 0 Å². The van der Waals surface area contributed by atoms with Gasteiger partial charge in [0.2, 0.25) is 0 Å². The summed E-state index contributed by atoms with van der Waals surface area (Å²) in [4.78, 5) is 0. The molecule has 0 saturated carbocycles. The number of nitrogens with one attached hydrogen (secondary N) is 1. The van der Waals surface area contributed by atoms with Crippen LogP contribution < -0.4 is 15.8 Å². The van der Waals surface area contributed by atoms with Crippen molar-refractivity contribution in [3.63, 3.8) is 0 Å². The molecule has 4 rings (SSSR count). The van der Waals surface area contributed by atoms with Gasteiger partial charge in [-0.25, -0.2) is 4.52 Å². The van der Waals surface area contributed by atoms with Crippen molar-refractivity contribution >= 4 is 16.9 Å². The van der Waals surface area contributed by atoms with Crippen LogP contribution in [-0.2, 0) is 13.6 Å². The lowest BCUT2D eigenvalue weighted by Crippen LogP contribution is -2.00. The Morgan fingerprint density at radius 3 is 2.58 bits per heavy atom. The van der Waals surface area contributed by atoms with Gasteiger partial charge >= 0.3 is 0 Å². The van der Waals surface area contributed by atoms with Crippen LogP contribution in [0, 0.1) is 0 Å². The highest BCUT2D eigenvalue weighted by Crippen LogP contribution is 2.30. The number of benzene rings is 1. The van der Waals surface area contributed by atoms with E-state index in [1.807, 2.05) is 66.7 Å². The Labute approximate surface area is 151 Å². The highest BCUT2D eigenvalue weighted by molar-refractivity contribution is 5.73. The van der Waals surface area contributed by atoms with E-state index in [0.29, 0.717) is 6.54 Å². The Morgan fingerprint density at radius 1 is 1.08 bits per heavy atom. The van der Waals surface area contributed by atoms with E-state index in [1.165, 1.54) is 0 Å². The fourth-order valence-electron chi connectivity index (χ4n) is 2.96. The third kappa shape index (κ3) is 2.95. The summed E-state index contributed by atoms with van der Waals surface area (Å²) >= 11 is 0. The minimum absolute atomic E-state index is 0.635. The summed E-state index contributed by atoms with van der Waals surface area (Å²) in [7, 11) is 3.57. The molecule has 0 radical (unpaired) electrons. The highest BCUT2D eigenvalue weighted by Gasteiger charge is 2.13. The summed E-state index contributed by atoms with van der Waals surface area (Å²) in [6, 6.07) is 9.68. The molecular formula is C19H20N6O. The number of aryl methyl sites for hydroxylation is 1. The summed E-state index contributed by atoms with van der Waals surface area (Å²) in [6.07, 6.45) is 7.64. The maximum absolute atomic E-state index is 5.73. The number of nitrogens with zero attached hydrogens (tertiary/aromatic N) is 4. The van der Waals surface area contributed by atoms with Crippen LogP contribution in [0.5, 0.6) is 5.75 Å². The number of hydrogen-bond acceptors (Lipinski definition) is 5.